The van der Waals surface area contributed by atoms with E-state index in [0.29, 0.717) is 5.92 Å². The molecule has 5 heteroatoms. The Hall–Kier alpha value is -2.56. The van der Waals surface area contributed by atoms with Crippen molar-refractivity contribution >= 4 is 11.8 Å². The quantitative estimate of drug-likeness (QED) is 0.734. The second kappa shape index (κ2) is 9.40. The fraction of sp³-hybridized carbons (Fsp3) is 0.455. The van der Waals surface area contributed by atoms with Crippen LogP contribution < -0.4 is 10.6 Å². The molecule has 0 bridgehead atoms. The summed E-state index contributed by atoms with van der Waals surface area (Å²) in [7, 11) is 0. The van der Waals surface area contributed by atoms with E-state index in [4.69, 9.17) is 4.42 Å². The minimum absolute atomic E-state index is 0.0514. The van der Waals surface area contributed by atoms with Gasteiger partial charge in [0, 0.05) is 0 Å². The summed E-state index contributed by atoms with van der Waals surface area (Å²) in [5, 5.41) is 5.77. The highest BCUT2D eigenvalue weighted by atomic mass is 16.3. The molecule has 0 fully saturated rings. The standard InChI is InChI=1S/C22H30N2O3/c1-14(2)13-17-8-10-18(11-9-17)16(5)23-22(26)20(15(3)4)24-21(25)19-7-6-12-27-19/h6-12,14-16,20H,13H2,1-5H3,(H,23,26)(H,24,25). The molecule has 146 valence electrons. The van der Waals surface area contributed by atoms with Gasteiger partial charge < -0.3 is 15.1 Å². The van der Waals surface area contributed by atoms with Crippen LogP contribution in [0.5, 0.6) is 0 Å². The highest BCUT2D eigenvalue weighted by Crippen LogP contribution is 2.16. The van der Waals surface area contributed by atoms with Crippen LogP contribution in [-0.4, -0.2) is 17.9 Å². The van der Waals surface area contributed by atoms with Crippen molar-refractivity contribution in [3.05, 3.63) is 59.5 Å². The van der Waals surface area contributed by atoms with Crippen molar-refractivity contribution in [3.8, 4) is 0 Å². The first kappa shape index (κ1) is 20.7. The Bertz CT molecular complexity index is 733. The van der Waals surface area contributed by atoms with Gasteiger partial charge in [0.05, 0.1) is 12.3 Å². The molecule has 2 rings (SSSR count). The second-order valence-corrected chi connectivity index (χ2v) is 7.74. The molecule has 0 spiro atoms. The molecule has 0 aliphatic rings. The molecule has 1 heterocycles. The smallest absolute Gasteiger partial charge is 0.287 e. The van der Waals surface area contributed by atoms with E-state index in [9.17, 15) is 9.59 Å². The molecule has 0 aliphatic carbocycles. The summed E-state index contributed by atoms with van der Waals surface area (Å²) in [6, 6.07) is 10.8. The predicted molar refractivity (Wildman–Crippen MR) is 106 cm³/mol. The van der Waals surface area contributed by atoms with Gasteiger partial charge in [0.15, 0.2) is 5.76 Å². The van der Waals surface area contributed by atoms with E-state index in [0.717, 1.165) is 12.0 Å². The molecule has 2 atom stereocenters. The minimum atomic E-state index is -0.634. The Morgan fingerprint density at radius 1 is 0.963 bits per heavy atom. The lowest BCUT2D eigenvalue weighted by Gasteiger charge is -2.24. The highest BCUT2D eigenvalue weighted by Gasteiger charge is 2.26. The zero-order valence-corrected chi connectivity index (χ0v) is 16.8. The van der Waals surface area contributed by atoms with Crippen molar-refractivity contribution in [2.24, 2.45) is 11.8 Å². The maximum Gasteiger partial charge on any atom is 0.287 e. The molecule has 2 unspecified atom stereocenters. The molecule has 0 radical (unpaired) electrons. The van der Waals surface area contributed by atoms with Gasteiger partial charge in [-0.2, -0.15) is 0 Å². The molecule has 5 nitrogen and oxygen atoms in total. The topological polar surface area (TPSA) is 71.3 Å². The van der Waals surface area contributed by atoms with Gasteiger partial charge in [-0.25, -0.2) is 0 Å². The van der Waals surface area contributed by atoms with Crippen LogP contribution in [0.2, 0.25) is 0 Å². The van der Waals surface area contributed by atoms with Crippen molar-refractivity contribution in [2.75, 3.05) is 0 Å². The lowest BCUT2D eigenvalue weighted by Crippen LogP contribution is -2.50. The van der Waals surface area contributed by atoms with Crippen molar-refractivity contribution in [1.82, 2.24) is 10.6 Å². The molecular formula is C22H30N2O3. The highest BCUT2D eigenvalue weighted by molar-refractivity contribution is 5.95. The number of carbonyl (C=O) groups excluding carboxylic acids is 2. The number of hydrogen-bond donors (Lipinski definition) is 2. The van der Waals surface area contributed by atoms with Gasteiger partial charge in [-0.15, -0.1) is 0 Å². The van der Waals surface area contributed by atoms with Crippen LogP contribution in [0.1, 0.15) is 62.3 Å². The summed E-state index contributed by atoms with van der Waals surface area (Å²) < 4.78 is 5.10. The first-order chi connectivity index (χ1) is 12.8. The molecule has 1 aromatic heterocycles. The summed E-state index contributed by atoms with van der Waals surface area (Å²) >= 11 is 0. The van der Waals surface area contributed by atoms with Crippen LogP contribution in [0, 0.1) is 11.8 Å². The Morgan fingerprint density at radius 2 is 1.63 bits per heavy atom. The van der Waals surface area contributed by atoms with Crippen LogP contribution in [-0.2, 0) is 11.2 Å². The van der Waals surface area contributed by atoms with E-state index in [1.165, 1.54) is 11.8 Å². The van der Waals surface area contributed by atoms with Crippen molar-refractivity contribution < 1.29 is 14.0 Å². The van der Waals surface area contributed by atoms with E-state index in [2.05, 4.69) is 48.7 Å². The molecule has 1 aromatic carbocycles. The molecule has 0 saturated carbocycles. The van der Waals surface area contributed by atoms with Crippen molar-refractivity contribution in [3.63, 3.8) is 0 Å². The van der Waals surface area contributed by atoms with Crippen LogP contribution in [0.3, 0.4) is 0 Å². The summed E-state index contributed by atoms with van der Waals surface area (Å²) in [6.07, 6.45) is 2.47. The molecular weight excluding hydrogens is 340 g/mol. The Kier molecular flexibility index (Phi) is 7.22. The SMILES string of the molecule is CC(C)Cc1ccc(C(C)NC(=O)C(NC(=O)c2ccco2)C(C)C)cc1. The second-order valence-electron chi connectivity index (χ2n) is 7.74. The number of carbonyl (C=O) groups is 2. The van der Waals surface area contributed by atoms with Crippen LogP contribution >= 0.6 is 0 Å². The first-order valence-electron chi connectivity index (χ1n) is 9.51. The number of hydrogen-bond acceptors (Lipinski definition) is 3. The van der Waals surface area contributed by atoms with Gasteiger partial charge in [0.2, 0.25) is 5.91 Å². The number of rotatable bonds is 8. The molecule has 2 aromatic rings. The Labute approximate surface area is 161 Å². The summed E-state index contributed by atoms with van der Waals surface area (Å²) in [5.74, 6) is 0.160. The van der Waals surface area contributed by atoms with Gasteiger partial charge in [0.25, 0.3) is 5.91 Å². The van der Waals surface area contributed by atoms with E-state index in [1.54, 1.807) is 12.1 Å². The first-order valence-corrected chi connectivity index (χ1v) is 9.51. The predicted octanol–water partition coefficient (Wildman–Crippen LogP) is 4.11. The molecule has 2 N–H and O–H groups in total. The largest absolute Gasteiger partial charge is 0.459 e. The average molecular weight is 370 g/mol. The molecule has 2 amide bonds. The maximum absolute atomic E-state index is 12.7. The number of nitrogens with one attached hydrogen (secondary N) is 2. The Morgan fingerprint density at radius 3 is 2.15 bits per heavy atom. The van der Waals surface area contributed by atoms with Crippen LogP contribution in [0.4, 0.5) is 0 Å². The van der Waals surface area contributed by atoms with E-state index in [1.807, 2.05) is 20.8 Å². The third-order valence-corrected chi connectivity index (χ3v) is 4.46. The van der Waals surface area contributed by atoms with E-state index in [-0.39, 0.29) is 29.5 Å². The number of furan rings is 1. The Balaban J connectivity index is 2.00. The number of amides is 2. The average Bonchev–Trinajstić information content (AvgIpc) is 3.13. The monoisotopic (exact) mass is 370 g/mol. The third kappa shape index (κ3) is 5.98. The van der Waals surface area contributed by atoms with Crippen molar-refractivity contribution in [2.45, 2.75) is 53.1 Å². The number of benzene rings is 1. The fourth-order valence-electron chi connectivity index (χ4n) is 2.96. The zero-order chi connectivity index (χ0) is 20.0. The summed E-state index contributed by atoms with van der Waals surface area (Å²) in [5.41, 5.74) is 2.33. The normalized spacial score (nSPS) is 13.4. The molecule has 27 heavy (non-hydrogen) atoms. The van der Waals surface area contributed by atoms with Crippen LogP contribution in [0.15, 0.2) is 47.1 Å². The summed E-state index contributed by atoms with van der Waals surface area (Å²) in [4.78, 5) is 25.0. The lowest BCUT2D eigenvalue weighted by molar-refractivity contribution is -0.124. The van der Waals surface area contributed by atoms with Gasteiger partial charge in [-0.3, -0.25) is 9.59 Å². The fourth-order valence-corrected chi connectivity index (χ4v) is 2.96. The van der Waals surface area contributed by atoms with Gasteiger partial charge in [-0.05, 0) is 48.4 Å². The maximum atomic E-state index is 12.7. The van der Waals surface area contributed by atoms with E-state index < -0.39 is 6.04 Å². The third-order valence-electron chi connectivity index (χ3n) is 4.46. The van der Waals surface area contributed by atoms with E-state index >= 15 is 0 Å². The lowest BCUT2D eigenvalue weighted by atomic mass is 9.99. The minimum Gasteiger partial charge on any atom is -0.459 e. The van der Waals surface area contributed by atoms with Crippen molar-refractivity contribution in [1.29, 1.82) is 0 Å². The molecule has 0 aliphatic heterocycles. The zero-order valence-electron chi connectivity index (χ0n) is 16.8. The summed E-state index contributed by atoms with van der Waals surface area (Å²) in [6.45, 7) is 10.1. The molecule has 0 saturated heterocycles. The van der Waals surface area contributed by atoms with Gasteiger partial charge in [0.1, 0.15) is 6.04 Å². The van der Waals surface area contributed by atoms with Gasteiger partial charge >= 0.3 is 0 Å². The van der Waals surface area contributed by atoms with Crippen LogP contribution in [0.25, 0.3) is 0 Å². The van der Waals surface area contributed by atoms with Gasteiger partial charge in [-0.1, -0.05) is 52.0 Å².